The van der Waals surface area contributed by atoms with Crippen LogP contribution in [0.15, 0.2) is 6.20 Å². The SMILES string of the molecule is CNC(=O)c1cn(C[C@@H]2CCCCN2S(C)(=O)=O)nn1. The smallest absolute Gasteiger partial charge is 0.273 e. The number of hydrogen-bond acceptors (Lipinski definition) is 5. The van der Waals surface area contributed by atoms with E-state index in [0.717, 1.165) is 19.3 Å². The first-order valence-electron chi connectivity index (χ1n) is 6.51. The van der Waals surface area contributed by atoms with E-state index < -0.39 is 10.0 Å². The van der Waals surface area contributed by atoms with Gasteiger partial charge in [-0.2, -0.15) is 4.31 Å². The minimum absolute atomic E-state index is 0.127. The number of aromatic nitrogens is 3. The highest BCUT2D eigenvalue weighted by molar-refractivity contribution is 7.88. The number of sulfonamides is 1. The topological polar surface area (TPSA) is 97.2 Å². The van der Waals surface area contributed by atoms with Gasteiger partial charge in [-0.1, -0.05) is 11.6 Å². The van der Waals surface area contributed by atoms with Crippen LogP contribution in [-0.2, 0) is 16.6 Å². The van der Waals surface area contributed by atoms with Gasteiger partial charge in [-0.15, -0.1) is 5.10 Å². The van der Waals surface area contributed by atoms with Crippen LogP contribution < -0.4 is 5.32 Å². The van der Waals surface area contributed by atoms with Crippen molar-refractivity contribution in [3.05, 3.63) is 11.9 Å². The van der Waals surface area contributed by atoms with E-state index >= 15 is 0 Å². The van der Waals surface area contributed by atoms with Crippen molar-refractivity contribution in [1.82, 2.24) is 24.6 Å². The molecule has 0 spiro atoms. The second-order valence-corrected chi connectivity index (χ2v) is 6.86. The van der Waals surface area contributed by atoms with E-state index in [-0.39, 0.29) is 17.6 Å². The summed E-state index contributed by atoms with van der Waals surface area (Å²) in [6.07, 6.45) is 5.43. The number of carbonyl (C=O) groups is 1. The van der Waals surface area contributed by atoms with Crippen molar-refractivity contribution in [1.29, 1.82) is 0 Å². The fourth-order valence-electron chi connectivity index (χ4n) is 2.43. The lowest BCUT2D eigenvalue weighted by atomic mass is 10.1. The summed E-state index contributed by atoms with van der Waals surface area (Å²) in [5, 5.41) is 10.1. The van der Waals surface area contributed by atoms with Gasteiger partial charge in [0.25, 0.3) is 5.91 Å². The predicted molar refractivity (Wildman–Crippen MR) is 72.6 cm³/mol. The number of nitrogens with zero attached hydrogens (tertiary/aromatic N) is 4. The molecule has 2 rings (SSSR count). The maximum Gasteiger partial charge on any atom is 0.273 e. The van der Waals surface area contributed by atoms with Gasteiger partial charge in [0, 0.05) is 19.6 Å². The molecule has 0 aromatic carbocycles. The van der Waals surface area contributed by atoms with Crippen LogP contribution in [0.1, 0.15) is 29.8 Å². The van der Waals surface area contributed by atoms with Crippen molar-refractivity contribution in [3.8, 4) is 0 Å². The summed E-state index contributed by atoms with van der Waals surface area (Å²) in [4.78, 5) is 11.4. The minimum atomic E-state index is -3.22. The van der Waals surface area contributed by atoms with Gasteiger partial charge in [0.2, 0.25) is 10.0 Å². The number of amides is 1. The monoisotopic (exact) mass is 301 g/mol. The van der Waals surface area contributed by atoms with Crippen LogP contribution in [0.5, 0.6) is 0 Å². The van der Waals surface area contributed by atoms with Gasteiger partial charge in [-0.05, 0) is 12.8 Å². The van der Waals surface area contributed by atoms with Crippen LogP contribution >= 0.6 is 0 Å². The minimum Gasteiger partial charge on any atom is -0.354 e. The molecule has 1 aromatic heterocycles. The van der Waals surface area contributed by atoms with E-state index in [1.54, 1.807) is 0 Å². The second kappa shape index (κ2) is 5.88. The molecule has 1 aliphatic heterocycles. The van der Waals surface area contributed by atoms with Crippen LogP contribution in [0.3, 0.4) is 0 Å². The van der Waals surface area contributed by atoms with E-state index in [0.29, 0.717) is 13.1 Å². The maximum absolute atomic E-state index is 11.8. The standard InChI is InChI=1S/C11H19N5O3S/c1-12-11(17)10-8-15(14-13-10)7-9-5-3-4-6-16(9)20(2,18)19/h8-9H,3-7H2,1-2H3,(H,12,17)/t9-/m0/s1. The third-order valence-electron chi connectivity index (χ3n) is 3.40. The van der Waals surface area contributed by atoms with Crippen LogP contribution in [0.2, 0.25) is 0 Å². The number of nitrogens with one attached hydrogen (secondary N) is 1. The fraction of sp³-hybridized carbons (Fsp3) is 0.727. The van der Waals surface area contributed by atoms with Crippen molar-refractivity contribution in [2.24, 2.45) is 0 Å². The first-order valence-corrected chi connectivity index (χ1v) is 8.35. The van der Waals surface area contributed by atoms with Crippen LogP contribution in [0.4, 0.5) is 0 Å². The second-order valence-electron chi connectivity index (χ2n) is 4.93. The molecule has 9 heteroatoms. The molecule has 1 saturated heterocycles. The number of rotatable bonds is 4. The Balaban J connectivity index is 2.11. The predicted octanol–water partition coefficient (Wildman–Crippen LogP) is -0.548. The molecule has 8 nitrogen and oxygen atoms in total. The molecular formula is C11H19N5O3S. The largest absolute Gasteiger partial charge is 0.354 e. The van der Waals surface area contributed by atoms with Gasteiger partial charge in [0.05, 0.1) is 19.0 Å². The number of hydrogen-bond donors (Lipinski definition) is 1. The average Bonchev–Trinajstić information content (AvgIpc) is 2.86. The lowest BCUT2D eigenvalue weighted by Crippen LogP contribution is -2.45. The van der Waals surface area contributed by atoms with Gasteiger partial charge in [0.1, 0.15) is 0 Å². The van der Waals surface area contributed by atoms with Gasteiger partial charge in [0.15, 0.2) is 5.69 Å². The highest BCUT2D eigenvalue weighted by atomic mass is 32.2. The van der Waals surface area contributed by atoms with Crippen LogP contribution in [0, 0.1) is 0 Å². The summed E-state index contributed by atoms with van der Waals surface area (Å²) in [6, 6.07) is -0.127. The molecule has 0 unspecified atom stereocenters. The molecule has 2 heterocycles. The Labute approximate surface area is 118 Å². The number of piperidine rings is 1. The molecule has 1 aliphatic rings. The first-order chi connectivity index (χ1) is 9.41. The zero-order valence-electron chi connectivity index (χ0n) is 11.6. The molecule has 0 aliphatic carbocycles. The Morgan fingerprint density at radius 1 is 1.50 bits per heavy atom. The van der Waals surface area contributed by atoms with Gasteiger partial charge >= 0.3 is 0 Å². The quantitative estimate of drug-likeness (QED) is 0.805. The van der Waals surface area contributed by atoms with E-state index in [1.165, 1.54) is 28.5 Å². The molecule has 1 fully saturated rings. The Morgan fingerprint density at radius 2 is 2.25 bits per heavy atom. The van der Waals surface area contributed by atoms with E-state index in [2.05, 4.69) is 15.6 Å². The highest BCUT2D eigenvalue weighted by Gasteiger charge is 2.29. The maximum atomic E-state index is 11.8. The Morgan fingerprint density at radius 3 is 2.90 bits per heavy atom. The molecular weight excluding hydrogens is 282 g/mol. The lowest BCUT2D eigenvalue weighted by Gasteiger charge is -2.33. The summed E-state index contributed by atoms with van der Waals surface area (Å²) >= 11 is 0. The van der Waals surface area contributed by atoms with E-state index in [1.807, 2.05) is 0 Å². The summed E-state index contributed by atoms with van der Waals surface area (Å²) < 4.78 is 26.6. The molecule has 0 radical (unpaired) electrons. The van der Waals surface area contributed by atoms with Crippen molar-refractivity contribution >= 4 is 15.9 Å². The summed E-state index contributed by atoms with van der Waals surface area (Å²) in [5.41, 5.74) is 0.231. The molecule has 0 bridgehead atoms. The van der Waals surface area contributed by atoms with Gasteiger partial charge in [-0.3, -0.25) is 9.48 Å². The molecule has 0 saturated carbocycles. The zero-order valence-corrected chi connectivity index (χ0v) is 12.4. The summed E-state index contributed by atoms with van der Waals surface area (Å²) in [6.45, 7) is 0.956. The fourth-order valence-corrected chi connectivity index (χ4v) is 3.60. The Kier molecular flexibility index (Phi) is 4.39. The van der Waals surface area contributed by atoms with Gasteiger partial charge < -0.3 is 5.32 Å². The summed E-state index contributed by atoms with van der Waals surface area (Å²) in [5.74, 6) is -0.306. The molecule has 1 N–H and O–H groups in total. The third-order valence-corrected chi connectivity index (χ3v) is 4.73. The molecule has 1 aromatic rings. The molecule has 112 valence electrons. The van der Waals surface area contributed by atoms with Crippen LogP contribution in [0.25, 0.3) is 0 Å². The zero-order chi connectivity index (χ0) is 14.8. The van der Waals surface area contributed by atoms with Crippen molar-refractivity contribution in [2.45, 2.75) is 31.8 Å². The Hall–Kier alpha value is -1.48. The van der Waals surface area contributed by atoms with E-state index in [9.17, 15) is 13.2 Å². The van der Waals surface area contributed by atoms with Crippen molar-refractivity contribution in [3.63, 3.8) is 0 Å². The highest BCUT2D eigenvalue weighted by Crippen LogP contribution is 2.21. The number of carbonyl (C=O) groups excluding carboxylic acids is 1. The van der Waals surface area contributed by atoms with Crippen molar-refractivity contribution in [2.75, 3.05) is 19.8 Å². The first kappa shape index (κ1) is 14.9. The third kappa shape index (κ3) is 3.34. The van der Waals surface area contributed by atoms with Gasteiger partial charge in [-0.25, -0.2) is 8.42 Å². The molecule has 1 atom stereocenters. The molecule has 1 amide bonds. The normalized spacial score (nSPS) is 20.8. The molecule has 20 heavy (non-hydrogen) atoms. The average molecular weight is 301 g/mol. The van der Waals surface area contributed by atoms with Crippen molar-refractivity contribution < 1.29 is 13.2 Å². The lowest BCUT2D eigenvalue weighted by molar-refractivity contribution is 0.0958. The van der Waals surface area contributed by atoms with Crippen LogP contribution in [-0.4, -0.2) is 59.5 Å². The summed E-state index contributed by atoms with van der Waals surface area (Å²) in [7, 11) is -1.70. The Bertz CT molecular complexity index is 583. The van der Waals surface area contributed by atoms with E-state index in [4.69, 9.17) is 0 Å².